The second-order valence-electron chi connectivity index (χ2n) is 5.38. The average molecular weight is 336 g/mol. The Labute approximate surface area is 138 Å². The highest BCUT2D eigenvalue weighted by atomic mass is 16.7. The Hall–Kier alpha value is -2.97. The van der Waals surface area contributed by atoms with Crippen LogP contribution in [-0.4, -0.2) is 30.7 Å². The molecule has 1 aliphatic heterocycles. The number of nitrogens with two attached hydrogens (primary N) is 1. The molecular weight excluding hydrogens is 316 g/mol. The monoisotopic (exact) mass is 336 g/mol. The van der Waals surface area contributed by atoms with Crippen LogP contribution in [0.25, 0.3) is 0 Å². The quantitative estimate of drug-likeness (QED) is 0.573. The van der Waals surface area contributed by atoms with Crippen LogP contribution in [0.3, 0.4) is 0 Å². The number of fused-ring (bicyclic) bond motifs is 1. The van der Waals surface area contributed by atoms with Gasteiger partial charge in [-0.15, -0.1) is 0 Å². The van der Waals surface area contributed by atoms with Gasteiger partial charge >= 0.3 is 6.03 Å². The van der Waals surface area contributed by atoms with Crippen LogP contribution in [0.2, 0.25) is 0 Å². The topological polar surface area (TPSA) is 132 Å². The summed E-state index contributed by atoms with van der Waals surface area (Å²) in [7, 11) is 0. The highest BCUT2D eigenvalue weighted by Gasteiger charge is 2.25. The molecule has 2 unspecified atom stereocenters. The van der Waals surface area contributed by atoms with Gasteiger partial charge in [0, 0.05) is 5.56 Å². The van der Waals surface area contributed by atoms with Gasteiger partial charge in [-0.2, -0.15) is 0 Å². The molecule has 1 aliphatic rings. The molecule has 0 fully saturated rings. The second kappa shape index (κ2) is 7.53. The van der Waals surface area contributed by atoms with Crippen LogP contribution in [0.5, 0.6) is 11.5 Å². The van der Waals surface area contributed by atoms with Crippen LogP contribution in [0, 0.1) is 5.92 Å². The minimum Gasteiger partial charge on any atom is -0.454 e. The second-order valence-corrected chi connectivity index (χ2v) is 5.38. The molecule has 1 heterocycles. The maximum atomic E-state index is 12.2. The lowest BCUT2D eigenvalue weighted by atomic mass is 9.99. The summed E-state index contributed by atoms with van der Waals surface area (Å²) in [5.74, 6) is -0.222. The third-order valence-electron chi connectivity index (χ3n) is 3.73. The number of hydrazine groups is 1. The van der Waals surface area contributed by atoms with Gasteiger partial charge in [0.2, 0.25) is 6.79 Å². The predicted molar refractivity (Wildman–Crippen MR) is 84.1 cm³/mol. The van der Waals surface area contributed by atoms with E-state index in [-0.39, 0.29) is 12.7 Å². The molecule has 0 aliphatic carbocycles. The number of amides is 4. The number of urea groups is 1. The molecule has 24 heavy (non-hydrogen) atoms. The van der Waals surface area contributed by atoms with Crippen LogP contribution in [0.1, 0.15) is 30.6 Å². The molecule has 2 atom stereocenters. The van der Waals surface area contributed by atoms with E-state index < -0.39 is 23.9 Å². The smallest absolute Gasteiger partial charge is 0.312 e. The maximum absolute atomic E-state index is 12.2. The maximum Gasteiger partial charge on any atom is 0.312 e. The van der Waals surface area contributed by atoms with E-state index in [2.05, 4.69) is 16.2 Å². The summed E-state index contributed by atoms with van der Waals surface area (Å²) in [6, 6.07) is 3.01. The molecule has 0 spiro atoms. The molecule has 5 N–H and O–H groups in total. The molecule has 4 amide bonds. The molecule has 130 valence electrons. The zero-order valence-electron chi connectivity index (χ0n) is 13.4. The summed E-state index contributed by atoms with van der Waals surface area (Å²) < 4.78 is 10.4. The Kier molecular flexibility index (Phi) is 5.46. The summed E-state index contributed by atoms with van der Waals surface area (Å²) >= 11 is 0. The number of carbonyl (C=O) groups is 3. The summed E-state index contributed by atoms with van der Waals surface area (Å²) in [5, 5.41) is 2.37. The van der Waals surface area contributed by atoms with Crippen molar-refractivity contribution in [1.29, 1.82) is 0 Å². The molecule has 0 saturated heterocycles. The largest absolute Gasteiger partial charge is 0.454 e. The van der Waals surface area contributed by atoms with Gasteiger partial charge in [0.05, 0.1) is 0 Å². The highest BCUT2D eigenvalue weighted by molar-refractivity contribution is 5.96. The summed E-state index contributed by atoms with van der Waals surface area (Å²) in [4.78, 5) is 35.3. The Morgan fingerprint density at radius 3 is 2.58 bits per heavy atom. The summed E-state index contributed by atoms with van der Waals surface area (Å²) in [6.45, 7) is 3.77. The third-order valence-corrected chi connectivity index (χ3v) is 3.73. The van der Waals surface area contributed by atoms with E-state index in [0.717, 1.165) is 0 Å². The molecule has 2 rings (SSSR count). The van der Waals surface area contributed by atoms with E-state index in [1.54, 1.807) is 19.1 Å². The fraction of sp³-hybridized carbons (Fsp3) is 0.400. The van der Waals surface area contributed by atoms with E-state index >= 15 is 0 Å². The fourth-order valence-corrected chi connectivity index (χ4v) is 2.16. The SMILES string of the molecule is CCC(C)C(NC(N)=O)C(=O)NNC(=O)c1ccc2c(c1)OCO2. The Bertz CT molecular complexity index is 649. The fourth-order valence-electron chi connectivity index (χ4n) is 2.16. The van der Waals surface area contributed by atoms with Crippen molar-refractivity contribution in [1.82, 2.24) is 16.2 Å². The number of hydrogen-bond donors (Lipinski definition) is 4. The zero-order chi connectivity index (χ0) is 17.7. The minimum atomic E-state index is -0.843. The number of rotatable bonds is 5. The molecular formula is C15H20N4O5. The number of hydrogen-bond acceptors (Lipinski definition) is 5. The number of nitrogens with one attached hydrogen (secondary N) is 3. The predicted octanol–water partition coefficient (Wildman–Crippen LogP) is 0.259. The van der Waals surface area contributed by atoms with E-state index in [0.29, 0.717) is 23.5 Å². The van der Waals surface area contributed by atoms with Crippen molar-refractivity contribution < 1.29 is 23.9 Å². The summed E-state index contributed by atoms with van der Waals surface area (Å²) in [6.07, 6.45) is 0.647. The standard InChI is InChI=1S/C15H20N4O5/c1-3-8(2)12(17-15(16)22)14(21)19-18-13(20)9-4-5-10-11(6-9)24-7-23-10/h4-6,8,12H,3,7H2,1-2H3,(H,18,20)(H,19,21)(H3,16,17,22). The first-order chi connectivity index (χ1) is 11.4. The molecule has 9 nitrogen and oxygen atoms in total. The molecule has 9 heteroatoms. The van der Waals surface area contributed by atoms with Gasteiger partial charge in [-0.3, -0.25) is 20.4 Å². The van der Waals surface area contributed by atoms with Crippen molar-refractivity contribution in [3.8, 4) is 11.5 Å². The van der Waals surface area contributed by atoms with Crippen LogP contribution < -0.4 is 31.4 Å². The molecule has 1 aromatic carbocycles. The number of benzene rings is 1. The van der Waals surface area contributed by atoms with Crippen LogP contribution in [-0.2, 0) is 4.79 Å². The summed E-state index contributed by atoms with van der Waals surface area (Å²) in [5.41, 5.74) is 9.96. The van der Waals surface area contributed by atoms with Crippen molar-refractivity contribution in [3.05, 3.63) is 23.8 Å². The first-order valence-corrected chi connectivity index (χ1v) is 7.48. The highest BCUT2D eigenvalue weighted by Crippen LogP contribution is 2.32. The van der Waals surface area contributed by atoms with Gasteiger partial charge in [-0.1, -0.05) is 20.3 Å². The minimum absolute atomic E-state index is 0.104. The van der Waals surface area contributed by atoms with Crippen molar-refractivity contribution >= 4 is 17.8 Å². The normalized spacial score (nSPS) is 14.4. The van der Waals surface area contributed by atoms with Crippen LogP contribution in [0.4, 0.5) is 4.79 Å². The first-order valence-electron chi connectivity index (χ1n) is 7.48. The molecule has 0 saturated carbocycles. The number of carbonyl (C=O) groups excluding carboxylic acids is 3. The van der Waals surface area contributed by atoms with E-state index in [1.807, 2.05) is 6.92 Å². The lowest BCUT2D eigenvalue weighted by Crippen LogP contribution is -2.55. The zero-order valence-corrected chi connectivity index (χ0v) is 13.4. The van der Waals surface area contributed by atoms with Gasteiger partial charge in [-0.25, -0.2) is 4.79 Å². The van der Waals surface area contributed by atoms with Gasteiger partial charge in [0.15, 0.2) is 11.5 Å². The van der Waals surface area contributed by atoms with Gasteiger partial charge in [-0.05, 0) is 24.1 Å². The third kappa shape index (κ3) is 4.06. The van der Waals surface area contributed by atoms with Gasteiger partial charge in [0.25, 0.3) is 11.8 Å². The van der Waals surface area contributed by atoms with E-state index in [1.165, 1.54) is 6.07 Å². The molecule has 0 radical (unpaired) electrons. The Balaban J connectivity index is 1.96. The van der Waals surface area contributed by atoms with Crippen molar-refractivity contribution in [3.63, 3.8) is 0 Å². The van der Waals surface area contributed by atoms with Crippen molar-refractivity contribution in [2.75, 3.05) is 6.79 Å². The van der Waals surface area contributed by atoms with Crippen molar-refractivity contribution in [2.45, 2.75) is 26.3 Å². The lowest BCUT2D eigenvalue weighted by Gasteiger charge is -2.22. The Morgan fingerprint density at radius 1 is 1.21 bits per heavy atom. The van der Waals surface area contributed by atoms with Crippen molar-refractivity contribution in [2.24, 2.45) is 11.7 Å². The van der Waals surface area contributed by atoms with Gasteiger partial charge < -0.3 is 20.5 Å². The Morgan fingerprint density at radius 2 is 1.92 bits per heavy atom. The van der Waals surface area contributed by atoms with Gasteiger partial charge in [0.1, 0.15) is 6.04 Å². The number of ether oxygens (including phenoxy) is 2. The van der Waals surface area contributed by atoms with E-state index in [4.69, 9.17) is 15.2 Å². The average Bonchev–Trinajstić information content (AvgIpc) is 3.03. The molecule has 0 bridgehead atoms. The number of primary amides is 1. The van der Waals surface area contributed by atoms with Crippen LogP contribution in [0.15, 0.2) is 18.2 Å². The molecule has 0 aromatic heterocycles. The van der Waals surface area contributed by atoms with Crippen LogP contribution >= 0.6 is 0 Å². The first kappa shape index (κ1) is 17.4. The molecule has 1 aromatic rings. The lowest BCUT2D eigenvalue weighted by molar-refractivity contribution is -0.124. The van der Waals surface area contributed by atoms with E-state index in [9.17, 15) is 14.4 Å².